The van der Waals surface area contributed by atoms with Gasteiger partial charge in [-0.05, 0) is 19.4 Å². The highest BCUT2D eigenvalue weighted by Crippen LogP contribution is 2.34. The van der Waals surface area contributed by atoms with Gasteiger partial charge in [0.15, 0.2) is 0 Å². The van der Waals surface area contributed by atoms with Gasteiger partial charge in [-0.3, -0.25) is 4.98 Å². The van der Waals surface area contributed by atoms with E-state index in [0.717, 1.165) is 36.7 Å². The first-order valence-electron chi connectivity index (χ1n) is 5.78. The topological polar surface area (TPSA) is 63.8 Å². The van der Waals surface area contributed by atoms with Gasteiger partial charge in [-0.1, -0.05) is 12.1 Å². The summed E-state index contributed by atoms with van der Waals surface area (Å²) in [6.07, 6.45) is 3.85. The van der Waals surface area contributed by atoms with Crippen molar-refractivity contribution in [2.24, 2.45) is 0 Å². The monoisotopic (exact) mass is 250 g/mol. The fourth-order valence-electron chi connectivity index (χ4n) is 2.24. The molecule has 1 atom stereocenters. The quantitative estimate of drug-likeness (QED) is 0.900. The van der Waals surface area contributed by atoms with Crippen LogP contribution in [0.1, 0.15) is 25.7 Å². The van der Waals surface area contributed by atoms with Crippen LogP contribution in [0.4, 0.5) is 0 Å². The molecule has 1 unspecified atom stereocenters. The first-order chi connectivity index (χ1) is 8.34. The molecule has 6 heteroatoms. The van der Waals surface area contributed by atoms with Gasteiger partial charge in [-0.15, -0.1) is 11.3 Å². The zero-order chi connectivity index (χ0) is 11.7. The average Bonchev–Trinajstić information content (AvgIpc) is 3.10. The molecule has 1 aliphatic rings. The molecule has 2 aromatic heterocycles. The van der Waals surface area contributed by atoms with Crippen LogP contribution >= 0.6 is 11.3 Å². The first kappa shape index (κ1) is 10.9. The van der Waals surface area contributed by atoms with Crippen molar-refractivity contribution in [3.63, 3.8) is 0 Å². The fourth-order valence-corrected chi connectivity index (χ4v) is 2.79. The molecule has 1 aliphatic heterocycles. The maximum Gasteiger partial charge on any atom is 0.234 e. The van der Waals surface area contributed by atoms with Gasteiger partial charge in [0.2, 0.25) is 11.7 Å². The number of aromatic nitrogens is 3. The van der Waals surface area contributed by atoms with Gasteiger partial charge in [0, 0.05) is 12.7 Å². The Labute approximate surface area is 103 Å². The minimum absolute atomic E-state index is 0.0237. The molecule has 0 radical (unpaired) electrons. The van der Waals surface area contributed by atoms with Crippen LogP contribution in [0.15, 0.2) is 16.2 Å². The number of rotatable bonds is 3. The highest BCUT2D eigenvalue weighted by molar-refractivity contribution is 7.13. The Bertz CT molecular complexity index is 487. The minimum Gasteiger partial charge on any atom is -0.338 e. The van der Waals surface area contributed by atoms with E-state index in [-0.39, 0.29) is 5.41 Å². The van der Waals surface area contributed by atoms with Gasteiger partial charge in [0.05, 0.1) is 15.8 Å². The largest absolute Gasteiger partial charge is 0.338 e. The summed E-state index contributed by atoms with van der Waals surface area (Å²) in [5.74, 6) is 1.41. The summed E-state index contributed by atoms with van der Waals surface area (Å²) in [5.41, 5.74) is 1.80. The second-order valence-corrected chi connectivity index (χ2v) is 5.24. The summed E-state index contributed by atoms with van der Waals surface area (Å²) >= 11 is 1.53. The molecule has 3 rings (SSSR count). The molecule has 0 bridgehead atoms. The van der Waals surface area contributed by atoms with Crippen LogP contribution in [0.25, 0.3) is 10.7 Å². The molecule has 90 valence electrons. The van der Waals surface area contributed by atoms with E-state index in [1.54, 1.807) is 11.7 Å². The molecule has 2 aromatic rings. The smallest absolute Gasteiger partial charge is 0.234 e. The van der Waals surface area contributed by atoms with Gasteiger partial charge in [-0.25, -0.2) is 0 Å². The van der Waals surface area contributed by atoms with Crippen molar-refractivity contribution in [2.45, 2.75) is 25.2 Å². The van der Waals surface area contributed by atoms with Gasteiger partial charge >= 0.3 is 0 Å². The molecule has 1 N–H and O–H groups in total. The standard InChI is InChI=1S/C11H14N4OS/c1-2-11(3-4-12-6-11)10-14-9(15-16-10)8-5-13-7-17-8/h5,7,12H,2-4,6H2,1H3. The Kier molecular flexibility index (Phi) is 2.68. The second kappa shape index (κ2) is 4.19. The van der Waals surface area contributed by atoms with Gasteiger partial charge in [0.25, 0.3) is 0 Å². The first-order valence-corrected chi connectivity index (χ1v) is 6.66. The van der Waals surface area contributed by atoms with Crippen molar-refractivity contribution in [1.29, 1.82) is 0 Å². The molecule has 0 spiro atoms. The molecule has 1 saturated heterocycles. The van der Waals surface area contributed by atoms with Gasteiger partial charge in [0.1, 0.15) is 0 Å². The Morgan fingerprint density at radius 2 is 2.53 bits per heavy atom. The molecular weight excluding hydrogens is 236 g/mol. The zero-order valence-electron chi connectivity index (χ0n) is 9.64. The lowest BCUT2D eigenvalue weighted by Gasteiger charge is -2.20. The third kappa shape index (κ3) is 1.77. The number of nitrogens with one attached hydrogen (secondary N) is 1. The predicted octanol–water partition coefficient (Wildman–Crippen LogP) is 1.83. The Morgan fingerprint density at radius 3 is 3.18 bits per heavy atom. The van der Waals surface area contributed by atoms with Gasteiger partial charge < -0.3 is 9.84 Å². The van der Waals surface area contributed by atoms with Crippen molar-refractivity contribution in [2.75, 3.05) is 13.1 Å². The number of hydrogen-bond acceptors (Lipinski definition) is 6. The van der Waals surface area contributed by atoms with E-state index < -0.39 is 0 Å². The van der Waals surface area contributed by atoms with Crippen molar-refractivity contribution < 1.29 is 4.52 Å². The summed E-state index contributed by atoms with van der Waals surface area (Å²) in [5, 5.41) is 7.42. The number of nitrogens with zero attached hydrogens (tertiary/aromatic N) is 3. The summed E-state index contributed by atoms with van der Waals surface area (Å²) < 4.78 is 5.44. The normalized spacial score (nSPS) is 24.3. The zero-order valence-corrected chi connectivity index (χ0v) is 10.5. The van der Waals surface area contributed by atoms with Crippen molar-refractivity contribution >= 4 is 11.3 Å². The van der Waals surface area contributed by atoms with Crippen LogP contribution in [-0.4, -0.2) is 28.2 Å². The van der Waals surface area contributed by atoms with E-state index in [9.17, 15) is 0 Å². The van der Waals surface area contributed by atoms with Crippen LogP contribution in [0.2, 0.25) is 0 Å². The lowest BCUT2D eigenvalue weighted by atomic mass is 9.84. The molecule has 0 amide bonds. The summed E-state index contributed by atoms with van der Waals surface area (Å²) in [7, 11) is 0. The molecule has 1 fully saturated rings. The van der Waals surface area contributed by atoms with Crippen LogP contribution in [-0.2, 0) is 5.41 Å². The lowest BCUT2D eigenvalue weighted by molar-refractivity contribution is 0.285. The van der Waals surface area contributed by atoms with E-state index in [2.05, 4.69) is 27.4 Å². The number of thiazole rings is 1. The molecule has 3 heterocycles. The van der Waals surface area contributed by atoms with E-state index in [4.69, 9.17) is 4.52 Å². The maximum atomic E-state index is 5.44. The highest BCUT2D eigenvalue weighted by atomic mass is 32.1. The van der Waals surface area contributed by atoms with E-state index in [1.807, 2.05) is 0 Å². The van der Waals surface area contributed by atoms with E-state index >= 15 is 0 Å². The summed E-state index contributed by atoms with van der Waals surface area (Å²) in [6, 6.07) is 0. The van der Waals surface area contributed by atoms with Gasteiger partial charge in [-0.2, -0.15) is 4.98 Å². The predicted molar refractivity (Wildman–Crippen MR) is 64.9 cm³/mol. The van der Waals surface area contributed by atoms with Crippen LogP contribution < -0.4 is 5.32 Å². The molecule has 5 nitrogen and oxygen atoms in total. The Morgan fingerprint density at radius 1 is 1.59 bits per heavy atom. The average molecular weight is 250 g/mol. The lowest BCUT2D eigenvalue weighted by Crippen LogP contribution is -2.28. The fraction of sp³-hybridized carbons (Fsp3) is 0.545. The Hall–Kier alpha value is -1.27. The van der Waals surface area contributed by atoms with Crippen molar-refractivity contribution in [1.82, 2.24) is 20.4 Å². The maximum absolute atomic E-state index is 5.44. The Balaban J connectivity index is 1.94. The number of hydrogen-bond donors (Lipinski definition) is 1. The van der Waals surface area contributed by atoms with E-state index in [1.165, 1.54) is 11.3 Å². The van der Waals surface area contributed by atoms with Crippen LogP contribution in [0.5, 0.6) is 0 Å². The van der Waals surface area contributed by atoms with Crippen molar-refractivity contribution in [3.8, 4) is 10.7 Å². The highest BCUT2D eigenvalue weighted by Gasteiger charge is 2.39. The SMILES string of the molecule is CCC1(c2nc(-c3cncs3)no2)CCNC1. The summed E-state index contributed by atoms with van der Waals surface area (Å²) in [6.45, 7) is 4.11. The third-order valence-electron chi connectivity index (χ3n) is 3.45. The third-order valence-corrected chi connectivity index (χ3v) is 4.22. The molecule has 0 aromatic carbocycles. The molecule has 0 saturated carbocycles. The molecule has 17 heavy (non-hydrogen) atoms. The molecular formula is C11H14N4OS. The summed E-state index contributed by atoms with van der Waals surface area (Å²) in [4.78, 5) is 9.51. The van der Waals surface area contributed by atoms with Crippen molar-refractivity contribution in [3.05, 3.63) is 17.6 Å². The van der Waals surface area contributed by atoms with Crippen LogP contribution in [0.3, 0.4) is 0 Å². The minimum atomic E-state index is 0.0237. The second-order valence-electron chi connectivity index (χ2n) is 4.35. The van der Waals surface area contributed by atoms with E-state index in [0.29, 0.717) is 5.82 Å². The molecule has 0 aliphatic carbocycles. The van der Waals surface area contributed by atoms with Crippen LogP contribution in [0, 0.1) is 0 Å².